The molecule has 0 radical (unpaired) electrons. The molecule has 3 amide bonds. The lowest BCUT2D eigenvalue weighted by Crippen LogP contribution is -2.42. The highest BCUT2D eigenvalue weighted by Crippen LogP contribution is 2.29. The lowest BCUT2D eigenvalue weighted by Gasteiger charge is -2.30. The van der Waals surface area contributed by atoms with Gasteiger partial charge in [0.15, 0.2) is 6.29 Å². The van der Waals surface area contributed by atoms with Crippen molar-refractivity contribution in [2.75, 3.05) is 55.0 Å². The first-order chi connectivity index (χ1) is 19.6. The van der Waals surface area contributed by atoms with Crippen molar-refractivity contribution in [3.63, 3.8) is 0 Å². The fraction of sp³-hybridized carbons (Fsp3) is 0.500. The van der Waals surface area contributed by atoms with E-state index in [2.05, 4.69) is 26.7 Å². The van der Waals surface area contributed by atoms with E-state index >= 15 is 0 Å². The molecule has 0 unspecified atom stereocenters. The third kappa shape index (κ3) is 6.38. The van der Waals surface area contributed by atoms with Gasteiger partial charge in [-0.05, 0) is 37.3 Å². The van der Waals surface area contributed by atoms with Gasteiger partial charge in [0, 0.05) is 44.0 Å². The van der Waals surface area contributed by atoms with Gasteiger partial charge in [-0.2, -0.15) is 5.26 Å². The summed E-state index contributed by atoms with van der Waals surface area (Å²) < 4.78 is 11.1. The lowest BCUT2D eigenvalue weighted by atomic mass is 10.0. The molecule has 2 aliphatic heterocycles. The summed E-state index contributed by atoms with van der Waals surface area (Å²) in [4.78, 5) is 49.3. The van der Waals surface area contributed by atoms with Crippen LogP contribution in [-0.2, 0) is 27.2 Å². The van der Waals surface area contributed by atoms with Gasteiger partial charge in [-0.15, -0.1) is 0 Å². The van der Waals surface area contributed by atoms with Crippen LogP contribution >= 0.6 is 0 Å². The van der Waals surface area contributed by atoms with Crippen LogP contribution in [-0.4, -0.2) is 78.7 Å². The number of aryl methyl sites for hydroxylation is 1. The van der Waals surface area contributed by atoms with Crippen LogP contribution in [0, 0.1) is 11.3 Å². The van der Waals surface area contributed by atoms with Crippen LogP contribution in [0.3, 0.4) is 0 Å². The van der Waals surface area contributed by atoms with Gasteiger partial charge in [0.2, 0.25) is 5.91 Å². The minimum Gasteiger partial charge on any atom is -0.382 e. The van der Waals surface area contributed by atoms with E-state index in [1.807, 2.05) is 6.07 Å². The number of hydrogen-bond donors (Lipinski definition) is 2. The van der Waals surface area contributed by atoms with Crippen LogP contribution in [0.4, 0.5) is 22.1 Å². The number of amides is 3. The molecule has 2 fully saturated rings. The molecule has 0 atom stereocenters. The van der Waals surface area contributed by atoms with E-state index < -0.39 is 6.03 Å². The molecule has 1 saturated heterocycles. The number of pyridine rings is 2. The third-order valence-corrected chi connectivity index (χ3v) is 7.41. The maximum Gasteiger partial charge on any atom is 0.328 e. The first-order valence-electron chi connectivity index (χ1n) is 13.7. The standard InChI is InChI=1S/C28H33N7O5/c29-14-21-15-31-25(13-23(21)30-7-10-40-22-5-1-2-6-22)33-28(38)35-8-3-4-19-12-20(24(17-36)32-27(19)35)16-34-9-11-39-18-26(34)37/h12-13,15,17,22H,1-11,16,18H2,(H2,30,31,33,38). The van der Waals surface area contributed by atoms with Crippen molar-refractivity contribution in [2.24, 2.45) is 0 Å². The monoisotopic (exact) mass is 547 g/mol. The number of aldehydes is 1. The van der Waals surface area contributed by atoms with Crippen LogP contribution in [0.15, 0.2) is 18.3 Å². The number of aromatic nitrogens is 2. The van der Waals surface area contributed by atoms with E-state index in [1.54, 1.807) is 11.0 Å². The Bertz CT molecular complexity index is 1300. The highest BCUT2D eigenvalue weighted by molar-refractivity contribution is 6.01. The predicted molar refractivity (Wildman–Crippen MR) is 146 cm³/mol. The van der Waals surface area contributed by atoms with Gasteiger partial charge in [0.25, 0.3) is 0 Å². The summed E-state index contributed by atoms with van der Waals surface area (Å²) in [5.74, 6) is 0.569. The summed E-state index contributed by atoms with van der Waals surface area (Å²) in [7, 11) is 0. The van der Waals surface area contributed by atoms with Gasteiger partial charge in [-0.1, -0.05) is 12.8 Å². The average Bonchev–Trinajstić information content (AvgIpc) is 3.49. The third-order valence-electron chi connectivity index (χ3n) is 7.41. The number of morpholine rings is 1. The Kier molecular flexibility index (Phi) is 8.83. The zero-order valence-corrected chi connectivity index (χ0v) is 22.4. The van der Waals surface area contributed by atoms with Gasteiger partial charge in [-0.25, -0.2) is 14.8 Å². The summed E-state index contributed by atoms with van der Waals surface area (Å²) in [6.07, 6.45) is 8.38. The molecule has 5 rings (SSSR count). The van der Waals surface area contributed by atoms with Crippen molar-refractivity contribution in [3.05, 3.63) is 40.7 Å². The Morgan fingerprint density at radius 3 is 2.88 bits per heavy atom. The van der Waals surface area contributed by atoms with Crippen LogP contribution in [0.1, 0.15) is 59.3 Å². The number of fused-ring (bicyclic) bond motifs is 1. The Morgan fingerprint density at radius 2 is 2.10 bits per heavy atom. The van der Waals surface area contributed by atoms with E-state index in [0.717, 1.165) is 18.4 Å². The molecular weight excluding hydrogens is 514 g/mol. The number of carbonyl (C=O) groups excluding carboxylic acids is 3. The molecule has 40 heavy (non-hydrogen) atoms. The van der Waals surface area contributed by atoms with Crippen molar-refractivity contribution >= 4 is 35.5 Å². The minimum atomic E-state index is -0.436. The van der Waals surface area contributed by atoms with Crippen molar-refractivity contribution < 1.29 is 23.9 Å². The first-order valence-corrected chi connectivity index (χ1v) is 13.7. The lowest BCUT2D eigenvalue weighted by molar-refractivity contribution is -0.143. The van der Waals surface area contributed by atoms with Crippen LogP contribution in [0.5, 0.6) is 0 Å². The number of anilines is 3. The predicted octanol–water partition coefficient (Wildman–Crippen LogP) is 2.88. The van der Waals surface area contributed by atoms with E-state index in [0.29, 0.717) is 80.7 Å². The second-order valence-corrected chi connectivity index (χ2v) is 10.1. The zero-order valence-electron chi connectivity index (χ0n) is 22.4. The number of nitrogens with one attached hydrogen (secondary N) is 2. The molecule has 4 heterocycles. The molecule has 1 saturated carbocycles. The van der Waals surface area contributed by atoms with Crippen molar-refractivity contribution in [2.45, 2.75) is 51.2 Å². The highest BCUT2D eigenvalue weighted by Gasteiger charge is 2.28. The van der Waals surface area contributed by atoms with E-state index in [-0.39, 0.29) is 30.6 Å². The molecule has 210 valence electrons. The molecule has 1 aliphatic carbocycles. The number of nitriles is 1. The van der Waals surface area contributed by atoms with E-state index in [9.17, 15) is 19.6 Å². The van der Waals surface area contributed by atoms with Gasteiger partial charge in [-0.3, -0.25) is 19.8 Å². The Morgan fingerprint density at radius 1 is 1.25 bits per heavy atom. The van der Waals surface area contributed by atoms with Crippen molar-refractivity contribution in [1.82, 2.24) is 14.9 Å². The summed E-state index contributed by atoms with van der Waals surface area (Å²) in [5.41, 5.74) is 2.60. The number of rotatable bonds is 9. The maximum absolute atomic E-state index is 13.3. The van der Waals surface area contributed by atoms with Crippen molar-refractivity contribution in [1.29, 1.82) is 5.26 Å². The molecule has 0 spiro atoms. The number of carbonyl (C=O) groups is 3. The second-order valence-electron chi connectivity index (χ2n) is 10.1. The van der Waals surface area contributed by atoms with E-state index in [1.165, 1.54) is 23.9 Å². The van der Waals surface area contributed by atoms with Gasteiger partial charge in [0.1, 0.15) is 30.0 Å². The number of ether oxygens (including phenoxy) is 2. The fourth-order valence-corrected chi connectivity index (χ4v) is 5.31. The Hall–Kier alpha value is -4.08. The quantitative estimate of drug-likeness (QED) is 0.357. The molecule has 0 bridgehead atoms. The average molecular weight is 548 g/mol. The zero-order chi connectivity index (χ0) is 27.9. The molecule has 12 nitrogen and oxygen atoms in total. The SMILES string of the molecule is N#Cc1cnc(NC(=O)N2CCCc3cc(CN4CCOCC4=O)c(C=O)nc32)cc1NCCOC1CCCC1. The smallest absolute Gasteiger partial charge is 0.328 e. The molecule has 0 aromatic carbocycles. The van der Waals surface area contributed by atoms with Gasteiger partial charge in [0.05, 0.1) is 30.6 Å². The Balaban J connectivity index is 1.27. The first kappa shape index (κ1) is 27.5. The second kappa shape index (κ2) is 12.8. The number of urea groups is 1. The summed E-state index contributed by atoms with van der Waals surface area (Å²) in [5, 5.41) is 15.5. The van der Waals surface area contributed by atoms with Crippen molar-refractivity contribution in [3.8, 4) is 6.07 Å². The molecule has 12 heteroatoms. The minimum absolute atomic E-state index is 0.0254. The molecule has 2 aromatic heterocycles. The van der Waals surface area contributed by atoms with E-state index in [4.69, 9.17) is 9.47 Å². The number of nitrogens with zero attached hydrogens (tertiary/aromatic N) is 5. The topological polar surface area (TPSA) is 150 Å². The normalized spacial score (nSPS) is 17.3. The summed E-state index contributed by atoms with van der Waals surface area (Å²) in [6.45, 7) is 2.66. The Labute approximate surface area is 232 Å². The van der Waals surface area contributed by atoms with Gasteiger partial charge >= 0.3 is 6.03 Å². The molecular formula is C28H33N7O5. The summed E-state index contributed by atoms with van der Waals surface area (Å²) in [6, 6.07) is 5.18. The largest absolute Gasteiger partial charge is 0.382 e. The molecule has 2 aromatic rings. The number of hydrogen-bond acceptors (Lipinski definition) is 9. The van der Waals surface area contributed by atoms with Gasteiger partial charge < -0.3 is 19.7 Å². The highest BCUT2D eigenvalue weighted by atomic mass is 16.5. The maximum atomic E-state index is 13.3. The van der Waals surface area contributed by atoms with Crippen LogP contribution < -0.4 is 15.5 Å². The van der Waals surface area contributed by atoms with Crippen LogP contribution in [0.25, 0.3) is 0 Å². The molecule has 3 aliphatic rings. The fourth-order valence-electron chi connectivity index (χ4n) is 5.31. The molecule has 2 N–H and O–H groups in total. The summed E-state index contributed by atoms with van der Waals surface area (Å²) >= 11 is 0. The van der Waals surface area contributed by atoms with Crippen LogP contribution in [0.2, 0.25) is 0 Å².